The summed E-state index contributed by atoms with van der Waals surface area (Å²) in [6.07, 6.45) is 0.670. The second-order valence-electron chi connectivity index (χ2n) is 7.75. The molecule has 29 heavy (non-hydrogen) atoms. The van der Waals surface area contributed by atoms with E-state index in [1.807, 2.05) is 5.32 Å². The summed E-state index contributed by atoms with van der Waals surface area (Å²) >= 11 is 0. The predicted octanol–water partition coefficient (Wildman–Crippen LogP) is 3.46. The zero-order chi connectivity index (χ0) is 21.8. The van der Waals surface area contributed by atoms with Crippen LogP contribution in [0.3, 0.4) is 0 Å². The smallest absolute Gasteiger partial charge is 0.425 e. The predicted molar refractivity (Wildman–Crippen MR) is 99.5 cm³/mol. The first kappa shape index (κ1) is 23.2. The number of hydrogen-bond acceptors (Lipinski definition) is 4. The van der Waals surface area contributed by atoms with Crippen molar-refractivity contribution in [1.29, 1.82) is 0 Å². The Morgan fingerprint density at radius 3 is 2.38 bits per heavy atom. The van der Waals surface area contributed by atoms with Crippen molar-refractivity contribution >= 4 is 17.8 Å². The Balaban J connectivity index is 2.34. The van der Waals surface area contributed by atoms with E-state index >= 15 is 0 Å². The minimum Gasteiger partial charge on any atom is -0.466 e. The lowest BCUT2D eigenvalue weighted by molar-refractivity contribution is -0.196. The van der Waals surface area contributed by atoms with Crippen molar-refractivity contribution in [2.24, 2.45) is 5.92 Å². The Bertz CT molecular complexity index is 684. The molecule has 1 aliphatic carbocycles. The molecule has 0 bridgehead atoms. The number of methoxy groups -OCH3 is 1. The molecule has 1 atom stereocenters. The van der Waals surface area contributed by atoms with Crippen molar-refractivity contribution in [3.8, 4) is 0 Å². The standard InChI is InChI=1S/C20H29F3N2O4/c1-4-12-25-13(2)16(17(27)29-3)19(18(25)28,20(21,22)23)24-15(26)11-10-14-8-6-5-7-9-14/h14H,4-12H2,1-3H3,(H,24,26)/t19-/m0/s1. The summed E-state index contributed by atoms with van der Waals surface area (Å²) in [5, 5.41) is 1.89. The van der Waals surface area contributed by atoms with Crippen LogP contribution in [0.5, 0.6) is 0 Å². The number of rotatable bonds is 7. The van der Waals surface area contributed by atoms with Crippen molar-refractivity contribution in [2.75, 3.05) is 13.7 Å². The third kappa shape index (κ3) is 4.43. The number of allylic oxidation sites excluding steroid dienone is 1. The van der Waals surface area contributed by atoms with Crippen molar-refractivity contribution < 1.29 is 32.3 Å². The lowest BCUT2D eigenvalue weighted by atomic mass is 9.85. The maximum Gasteiger partial charge on any atom is 0.425 e. The Kier molecular flexibility index (Phi) is 7.35. The van der Waals surface area contributed by atoms with Crippen molar-refractivity contribution in [2.45, 2.75) is 76.9 Å². The molecule has 2 amide bonds. The van der Waals surface area contributed by atoms with E-state index in [2.05, 4.69) is 4.74 Å². The third-order valence-electron chi connectivity index (χ3n) is 5.80. The van der Waals surface area contributed by atoms with Gasteiger partial charge in [0.25, 0.3) is 5.91 Å². The molecule has 0 radical (unpaired) electrons. The Morgan fingerprint density at radius 2 is 1.86 bits per heavy atom. The minimum absolute atomic E-state index is 0.000928. The molecule has 2 aliphatic rings. The molecular weight excluding hydrogens is 389 g/mol. The second kappa shape index (κ2) is 9.17. The van der Waals surface area contributed by atoms with Gasteiger partial charge in [-0.25, -0.2) is 4.79 Å². The largest absolute Gasteiger partial charge is 0.466 e. The molecule has 1 N–H and O–H groups in total. The summed E-state index contributed by atoms with van der Waals surface area (Å²) < 4.78 is 47.3. The van der Waals surface area contributed by atoms with Crippen LogP contribution in [-0.2, 0) is 19.1 Å². The van der Waals surface area contributed by atoms with E-state index in [0.717, 1.165) is 44.1 Å². The van der Waals surface area contributed by atoms with E-state index in [0.29, 0.717) is 18.8 Å². The second-order valence-corrected chi connectivity index (χ2v) is 7.75. The molecule has 164 valence electrons. The average molecular weight is 418 g/mol. The van der Waals surface area contributed by atoms with Crippen LogP contribution in [0.15, 0.2) is 11.3 Å². The first-order valence-corrected chi connectivity index (χ1v) is 10.1. The van der Waals surface area contributed by atoms with Crippen LogP contribution in [0, 0.1) is 5.92 Å². The Labute approximate surface area is 168 Å². The lowest BCUT2D eigenvalue weighted by Gasteiger charge is -2.33. The van der Waals surface area contributed by atoms with Gasteiger partial charge in [-0.3, -0.25) is 9.59 Å². The molecule has 0 saturated heterocycles. The molecule has 0 aromatic rings. The number of carbonyl (C=O) groups is 3. The number of ether oxygens (including phenoxy) is 1. The SMILES string of the molecule is CCCN1C(=O)[C@](NC(=O)CCC2CCCCC2)(C(F)(F)F)C(C(=O)OC)=C1C. The number of carbonyl (C=O) groups excluding carboxylic acids is 3. The highest BCUT2D eigenvalue weighted by atomic mass is 19.4. The molecule has 1 saturated carbocycles. The van der Waals surface area contributed by atoms with Gasteiger partial charge in [0.1, 0.15) is 5.57 Å². The summed E-state index contributed by atoms with van der Waals surface area (Å²) in [6.45, 7) is 2.97. The quantitative estimate of drug-likeness (QED) is 0.643. The maximum absolute atomic E-state index is 14.3. The number of nitrogens with one attached hydrogen (secondary N) is 1. The fraction of sp³-hybridized carbons (Fsp3) is 0.750. The van der Waals surface area contributed by atoms with Crippen LogP contribution in [-0.4, -0.2) is 48.1 Å². The molecule has 1 fully saturated rings. The molecule has 0 aromatic carbocycles. The zero-order valence-corrected chi connectivity index (χ0v) is 17.2. The van der Waals surface area contributed by atoms with Gasteiger partial charge in [-0.1, -0.05) is 39.0 Å². The van der Waals surface area contributed by atoms with E-state index in [9.17, 15) is 27.6 Å². The Morgan fingerprint density at radius 1 is 1.24 bits per heavy atom. The summed E-state index contributed by atoms with van der Waals surface area (Å²) in [5.41, 5.74) is -4.42. The van der Waals surface area contributed by atoms with Crippen molar-refractivity contribution in [3.63, 3.8) is 0 Å². The fourth-order valence-electron chi connectivity index (χ4n) is 4.30. The first-order chi connectivity index (χ1) is 13.6. The number of hydrogen-bond donors (Lipinski definition) is 1. The van der Waals surface area contributed by atoms with Crippen LogP contribution in [0.1, 0.15) is 65.2 Å². The maximum atomic E-state index is 14.3. The fourth-order valence-corrected chi connectivity index (χ4v) is 4.30. The van der Waals surface area contributed by atoms with E-state index in [1.54, 1.807) is 6.92 Å². The molecular formula is C20H29F3N2O4. The lowest BCUT2D eigenvalue weighted by Crippen LogP contribution is -2.66. The third-order valence-corrected chi connectivity index (χ3v) is 5.80. The van der Waals surface area contributed by atoms with Crippen LogP contribution < -0.4 is 5.32 Å². The normalized spacial score (nSPS) is 23.5. The molecule has 0 aromatic heterocycles. The number of esters is 1. The molecule has 9 heteroatoms. The van der Waals surface area contributed by atoms with Gasteiger partial charge in [-0.2, -0.15) is 13.2 Å². The molecule has 2 rings (SSSR count). The van der Waals surface area contributed by atoms with Gasteiger partial charge in [-0.15, -0.1) is 0 Å². The monoisotopic (exact) mass is 418 g/mol. The van der Waals surface area contributed by atoms with Crippen molar-refractivity contribution in [3.05, 3.63) is 11.3 Å². The number of halogens is 3. The van der Waals surface area contributed by atoms with Gasteiger partial charge in [0.05, 0.1) is 7.11 Å². The number of amides is 2. The molecule has 0 unspecified atom stereocenters. The Hall–Kier alpha value is -2.06. The van der Waals surface area contributed by atoms with Crippen molar-refractivity contribution in [1.82, 2.24) is 10.2 Å². The van der Waals surface area contributed by atoms with E-state index in [4.69, 9.17) is 0 Å². The topological polar surface area (TPSA) is 75.7 Å². The molecule has 1 heterocycles. The van der Waals surface area contributed by atoms with Gasteiger partial charge in [0.15, 0.2) is 0 Å². The minimum atomic E-state index is -5.20. The number of nitrogens with zero attached hydrogens (tertiary/aromatic N) is 1. The number of alkyl halides is 3. The van der Waals surface area contributed by atoms with Gasteiger partial charge in [-0.05, 0) is 25.7 Å². The van der Waals surface area contributed by atoms with Gasteiger partial charge < -0.3 is 15.0 Å². The average Bonchev–Trinajstić information content (AvgIpc) is 2.89. The van der Waals surface area contributed by atoms with E-state index < -0.39 is 35.1 Å². The van der Waals surface area contributed by atoms with E-state index in [1.165, 1.54) is 6.92 Å². The van der Waals surface area contributed by atoms with Gasteiger partial charge in [0.2, 0.25) is 11.4 Å². The molecule has 6 nitrogen and oxygen atoms in total. The van der Waals surface area contributed by atoms with Crippen LogP contribution in [0.2, 0.25) is 0 Å². The highest BCUT2D eigenvalue weighted by Gasteiger charge is 2.70. The molecule has 1 aliphatic heterocycles. The first-order valence-electron chi connectivity index (χ1n) is 10.1. The van der Waals surface area contributed by atoms with Gasteiger partial charge in [0, 0.05) is 18.7 Å². The highest BCUT2D eigenvalue weighted by molar-refractivity contribution is 6.10. The highest BCUT2D eigenvalue weighted by Crippen LogP contribution is 2.45. The summed E-state index contributed by atoms with van der Waals surface area (Å²) in [4.78, 5) is 38.6. The summed E-state index contributed by atoms with van der Waals surface area (Å²) in [7, 11) is 0.946. The van der Waals surface area contributed by atoms with Crippen LogP contribution >= 0.6 is 0 Å². The summed E-state index contributed by atoms with van der Waals surface area (Å²) in [6, 6.07) is 0. The van der Waals surface area contributed by atoms with Gasteiger partial charge >= 0.3 is 12.1 Å². The molecule has 0 spiro atoms. The van der Waals surface area contributed by atoms with Crippen LogP contribution in [0.25, 0.3) is 0 Å². The van der Waals surface area contributed by atoms with E-state index in [-0.39, 0.29) is 18.7 Å². The van der Waals surface area contributed by atoms with Crippen LogP contribution in [0.4, 0.5) is 13.2 Å². The zero-order valence-electron chi connectivity index (χ0n) is 17.2. The summed E-state index contributed by atoms with van der Waals surface area (Å²) in [5.74, 6) is -3.24.